The van der Waals surface area contributed by atoms with Crippen LogP contribution < -0.4 is 16.2 Å². The van der Waals surface area contributed by atoms with Crippen LogP contribution in [0.2, 0.25) is 0 Å². The second-order valence-corrected chi connectivity index (χ2v) is 7.25. The second kappa shape index (κ2) is 9.39. The van der Waals surface area contributed by atoms with Gasteiger partial charge in [0.2, 0.25) is 5.56 Å². The first-order valence-electron chi connectivity index (χ1n) is 8.33. The molecular weight excluding hydrogens is 336 g/mol. The molecule has 0 fully saturated rings. The number of thiophene rings is 1. The minimum atomic E-state index is -0.156. The number of carbonyl (C=O) groups excluding carboxylic acids is 1. The number of aromatic amines is 1. The third-order valence-electron chi connectivity index (χ3n) is 4.05. The molecule has 0 spiro atoms. The first-order valence-corrected chi connectivity index (χ1v) is 9.28. The van der Waals surface area contributed by atoms with Crippen molar-refractivity contribution in [2.45, 2.75) is 31.8 Å². The van der Waals surface area contributed by atoms with E-state index in [0.29, 0.717) is 6.54 Å². The van der Waals surface area contributed by atoms with Gasteiger partial charge in [0.25, 0.3) is 0 Å². The molecule has 0 aliphatic heterocycles. The summed E-state index contributed by atoms with van der Waals surface area (Å²) in [4.78, 5) is 28.0. The summed E-state index contributed by atoms with van der Waals surface area (Å²) in [6.07, 6.45) is 3.29. The largest absolute Gasteiger partial charge is 0.337 e. The van der Waals surface area contributed by atoms with Gasteiger partial charge in [0, 0.05) is 30.9 Å². The number of urea groups is 1. The summed E-state index contributed by atoms with van der Waals surface area (Å²) >= 11 is 1.66. The number of hydrogen-bond acceptors (Lipinski definition) is 4. The highest BCUT2D eigenvalue weighted by molar-refractivity contribution is 7.07. The predicted octanol–water partition coefficient (Wildman–Crippen LogP) is 1.84. The average Bonchev–Trinajstić information content (AvgIpc) is 3.05. The van der Waals surface area contributed by atoms with Crippen LogP contribution in [-0.2, 0) is 12.8 Å². The predicted molar refractivity (Wildman–Crippen MR) is 102 cm³/mol. The first-order chi connectivity index (χ1) is 11.9. The lowest BCUT2D eigenvalue weighted by molar-refractivity contribution is 0.229. The zero-order chi connectivity index (χ0) is 18.2. The van der Waals surface area contributed by atoms with Crippen LogP contribution in [0.5, 0.6) is 0 Å². The SMILES string of the molecule is CC(Cc1ccsc1)NC(=O)NC[C@H](Cc1ccc(=O)[nH]c1)N(C)C. The van der Waals surface area contributed by atoms with E-state index in [1.807, 2.05) is 32.5 Å². The van der Waals surface area contributed by atoms with Gasteiger partial charge in [-0.05, 0) is 61.8 Å². The Morgan fingerprint density at radius 1 is 1.24 bits per heavy atom. The van der Waals surface area contributed by atoms with Crippen LogP contribution in [0.25, 0.3) is 0 Å². The number of hydrogen-bond donors (Lipinski definition) is 3. The molecule has 25 heavy (non-hydrogen) atoms. The Bertz CT molecular complexity index is 692. The molecule has 1 unspecified atom stereocenters. The van der Waals surface area contributed by atoms with Crippen molar-refractivity contribution < 1.29 is 4.79 Å². The van der Waals surface area contributed by atoms with Gasteiger partial charge in [-0.2, -0.15) is 11.3 Å². The van der Waals surface area contributed by atoms with Crippen molar-refractivity contribution in [2.24, 2.45) is 0 Å². The maximum absolute atomic E-state index is 12.1. The number of nitrogens with one attached hydrogen (secondary N) is 3. The van der Waals surface area contributed by atoms with Gasteiger partial charge in [-0.1, -0.05) is 6.07 Å². The normalized spacial score (nSPS) is 13.4. The van der Waals surface area contributed by atoms with E-state index < -0.39 is 0 Å². The number of nitrogens with zero attached hydrogens (tertiary/aromatic N) is 1. The Hall–Kier alpha value is -2.12. The smallest absolute Gasteiger partial charge is 0.315 e. The van der Waals surface area contributed by atoms with E-state index in [2.05, 4.69) is 32.0 Å². The standard InChI is InChI=1S/C18H26N4O2S/c1-13(8-15-6-7-25-12-15)21-18(24)20-11-16(22(2)3)9-14-4-5-17(23)19-10-14/h4-7,10,12-13,16H,8-9,11H2,1-3H3,(H,19,23)(H2,20,21,24)/t13?,16-/m0/s1. The molecule has 6 nitrogen and oxygen atoms in total. The van der Waals surface area contributed by atoms with Gasteiger partial charge >= 0.3 is 6.03 Å². The molecule has 0 aliphatic carbocycles. The molecular formula is C18H26N4O2S. The van der Waals surface area contributed by atoms with Crippen molar-refractivity contribution in [3.8, 4) is 0 Å². The Morgan fingerprint density at radius 3 is 2.64 bits per heavy atom. The van der Waals surface area contributed by atoms with Crippen LogP contribution in [0.1, 0.15) is 18.1 Å². The quantitative estimate of drug-likeness (QED) is 0.671. The lowest BCUT2D eigenvalue weighted by Crippen LogP contribution is -2.47. The minimum absolute atomic E-state index is 0.0756. The molecule has 0 bridgehead atoms. The van der Waals surface area contributed by atoms with Crippen LogP contribution in [0.4, 0.5) is 4.79 Å². The maximum atomic E-state index is 12.1. The van der Waals surface area contributed by atoms with E-state index in [1.54, 1.807) is 17.5 Å². The molecule has 136 valence electrons. The van der Waals surface area contributed by atoms with Gasteiger partial charge in [-0.3, -0.25) is 4.79 Å². The summed E-state index contributed by atoms with van der Waals surface area (Å²) in [5, 5.41) is 10.1. The second-order valence-electron chi connectivity index (χ2n) is 6.47. The van der Waals surface area contributed by atoms with E-state index in [-0.39, 0.29) is 23.7 Å². The molecule has 2 atom stereocenters. The van der Waals surface area contributed by atoms with Gasteiger partial charge in [0.1, 0.15) is 0 Å². The number of pyridine rings is 1. The topological polar surface area (TPSA) is 77.2 Å². The monoisotopic (exact) mass is 362 g/mol. The van der Waals surface area contributed by atoms with Crippen LogP contribution >= 0.6 is 11.3 Å². The van der Waals surface area contributed by atoms with E-state index in [0.717, 1.165) is 18.4 Å². The van der Waals surface area contributed by atoms with Crippen molar-refractivity contribution in [1.82, 2.24) is 20.5 Å². The highest BCUT2D eigenvalue weighted by Crippen LogP contribution is 2.08. The van der Waals surface area contributed by atoms with Crippen LogP contribution in [0, 0.1) is 0 Å². The summed E-state index contributed by atoms with van der Waals surface area (Å²) < 4.78 is 0. The molecule has 0 saturated carbocycles. The van der Waals surface area contributed by atoms with Crippen molar-refractivity contribution in [2.75, 3.05) is 20.6 Å². The maximum Gasteiger partial charge on any atom is 0.315 e. The number of amides is 2. The highest BCUT2D eigenvalue weighted by atomic mass is 32.1. The van der Waals surface area contributed by atoms with Crippen molar-refractivity contribution in [3.05, 3.63) is 56.6 Å². The van der Waals surface area contributed by atoms with E-state index in [9.17, 15) is 9.59 Å². The molecule has 2 aromatic heterocycles. The lowest BCUT2D eigenvalue weighted by atomic mass is 10.1. The molecule has 0 aromatic carbocycles. The molecule has 0 saturated heterocycles. The molecule has 7 heteroatoms. The third kappa shape index (κ3) is 6.72. The molecule has 0 aliphatic rings. The number of carbonyl (C=O) groups is 1. The Morgan fingerprint density at radius 2 is 2.04 bits per heavy atom. The fourth-order valence-electron chi connectivity index (χ4n) is 2.58. The Kier molecular flexibility index (Phi) is 7.21. The first kappa shape index (κ1) is 19.2. The van der Waals surface area contributed by atoms with Gasteiger partial charge in [-0.25, -0.2) is 4.79 Å². The van der Waals surface area contributed by atoms with Gasteiger partial charge < -0.3 is 20.5 Å². The third-order valence-corrected chi connectivity index (χ3v) is 4.78. The van der Waals surface area contributed by atoms with E-state index >= 15 is 0 Å². The van der Waals surface area contributed by atoms with E-state index in [4.69, 9.17) is 0 Å². The molecule has 3 N–H and O–H groups in total. The van der Waals surface area contributed by atoms with Crippen molar-refractivity contribution >= 4 is 17.4 Å². The Labute approximate surface area is 152 Å². The van der Waals surface area contributed by atoms with Gasteiger partial charge in [0.15, 0.2) is 0 Å². The zero-order valence-electron chi connectivity index (χ0n) is 14.9. The number of rotatable bonds is 8. The lowest BCUT2D eigenvalue weighted by Gasteiger charge is -2.25. The molecule has 2 amide bonds. The number of likely N-dealkylation sites (N-methyl/N-ethyl adjacent to an activating group) is 1. The van der Waals surface area contributed by atoms with Crippen molar-refractivity contribution in [3.63, 3.8) is 0 Å². The summed E-state index contributed by atoms with van der Waals surface area (Å²) in [6.45, 7) is 2.53. The fraction of sp³-hybridized carbons (Fsp3) is 0.444. The fourth-order valence-corrected chi connectivity index (χ4v) is 3.26. The number of aromatic nitrogens is 1. The molecule has 2 heterocycles. The molecule has 0 radical (unpaired) electrons. The van der Waals surface area contributed by atoms with Crippen LogP contribution in [-0.4, -0.2) is 48.6 Å². The highest BCUT2D eigenvalue weighted by Gasteiger charge is 2.15. The van der Waals surface area contributed by atoms with Gasteiger partial charge in [-0.15, -0.1) is 0 Å². The summed E-state index contributed by atoms with van der Waals surface area (Å²) in [5.41, 5.74) is 2.16. The molecule has 2 aromatic rings. The zero-order valence-corrected chi connectivity index (χ0v) is 15.7. The minimum Gasteiger partial charge on any atom is -0.337 e. The molecule has 2 rings (SSSR count). The van der Waals surface area contributed by atoms with Crippen LogP contribution in [0.15, 0.2) is 40.0 Å². The Balaban J connectivity index is 1.80. The summed E-state index contributed by atoms with van der Waals surface area (Å²) in [7, 11) is 3.96. The van der Waals surface area contributed by atoms with Crippen molar-refractivity contribution in [1.29, 1.82) is 0 Å². The van der Waals surface area contributed by atoms with E-state index in [1.165, 1.54) is 11.6 Å². The summed E-state index contributed by atoms with van der Waals surface area (Å²) in [5.74, 6) is 0. The summed E-state index contributed by atoms with van der Waals surface area (Å²) in [6, 6.07) is 5.48. The number of H-pyrrole nitrogens is 1. The average molecular weight is 362 g/mol. The van der Waals surface area contributed by atoms with Crippen LogP contribution in [0.3, 0.4) is 0 Å². The van der Waals surface area contributed by atoms with Gasteiger partial charge in [0.05, 0.1) is 0 Å².